The zero-order valence-electron chi connectivity index (χ0n) is 27.0. The Kier molecular flexibility index (Phi) is 10.5. The van der Waals surface area contributed by atoms with Crippen LogP contribution in [0.1, 0.15) is 85.4 Å². The summed E-state index contributed by atoms with van der Waals surface area (Å²) >= 11 is 0. The minimum atomic E-state index is -0.328. The van der Waals surface area contributed by atoms with E-state index in [1.165, 1.54) is 0 Å². The van der Waals surface area contributed by atoms with Crippen molar-refractivity contribution >= 4 is 56.8 Å². The van der Waals surface area contributed by atoms with Gasteiger partial charge in [-0.05, 0) is 110 Å². The van der Waals surface area contributed by atoms with E-state index in [-0.39, 0.29) is 51.2 Å². The van der Waals surface area contributed by atoms with Crippen LogP contribution >= 0.6 is 0 Å². The first-order chi connectivity index (χ1) is 22.2. The Morgan fingerprint density at radius 2 is 1.43 bits per heavy atom. The lowest BCUT2D eigenvalue weighted by Gasteiger charge is -2.06. The number of aryl methyl sites for hydroxylation is 3. The number of hydrogen-bond acceptors (Lipinski definition) is 8. The van der Waals surface area contributed by atoms with Crippen LogP contribution in [0.3, 0.4) is 0 Å². The Morgan fingerprint density at radius 3 is 2.13 bits per heavy atom. The number of aromatic amines is 2. The van der Waals surface area contributed by atoms with Crippen molar-refractivity contribution in [1.82, 2.24) is 19.9 Å². The fraction of sp³-hybridized carbons (Fsp3) is 0.389. The van der Waals surface area contributed by atoms with Gasteiger partial charge in [-0.15, -0.1) is 0 Å². The molecule has 0 atom stereocenters. The van der Waals surface area contributed by atoms with Gasteiger partial charge in [0.25, 0.3) is 0 Å². The molecule has 2 aliphatic heterocycles. The number of allylic oxidation sites excluding steroid dienone is 3. The summed E-state index contributed by atoms with van der Waals surface area (Å²) in [6.45, 7) is 8.44. The molecular formula is C36H42N4O6. The van der Waals surface area contributed by atoms with Crippen LogP contribution in [0.15, 0.2) is 30.3 Å². The summed E-state index contributed by atoms with van der Waals surface area (Å²) in [4.78, 5) is 42.1. The molecule has 3 aromatic rings. The SMILES string of the molecule is CC1=Cc2cc3[nH]c(cc3C)cc3[nH]c(cc4nc(cc1n2)C(C)=C4CCC(=O)OCCCO)c(CCC(=O)OCCCO)c3C. The normalized spacial score (nSPS) is 12.8. The Bertz CT molecular complexity index is 1860. The number of hydrogen-bond donors (Lipinski definition) is 4. The van der Waals surface area contributed by atoms with Crippen molar-refractivity contribution in [3.05, 3.63) is 69.8 Å². The molecule has 0 aliphatic carbocycles. The lowest BCUT2D eigenvalue weighted by molar-refractivity contribution is -0.144. The zero-order chi connectivity index (χ0) is 32.8. The van der Waals surface area contributed by atoms with E-state index < -0.39 is 0 Å². The second-order valence-corrected chi connectivity index (χ2v) is 11.8. The van der Waals surface area contributed by atoms with Gasteiger partial charge in [-0.25, -0.2) is 9.97 Å². The van der Waals surface area contributed by atoms with Crippen molar-refractivity contribution in [1.29, 1.82) is 0 Å². The molecule has 0 unspecified atom stereocenters. The topological polar surface area (TPSA) is 150 Å². The standard InChI is InChI=1S/C36H42N4O6/c1-21-15-26-18-31-23(3)27(7-9-35(43)45-13-5-11-41)33(39-31)20-34-28(8-10-36(44)46-14-6-12-42)24(4)32(40-34)19-30-22(2)16-25(38-30)17-29(21)37-26/h15-20,37,39,41-42H,5-14H2,1-4H3. The maximum Gasteiger partial charge on any atom is 0.306 e. The van der Waals surface area contributed by atoms with E-state index >= 15 is 0 Å². The molecule has 8 bridgehead atoms. The number of aliphatic hydroxyl groups excluding tert-OH is 2. The molecule has 0 radical (unpaired) electrons. The molecule has 46 heavy (non-hydrogen) atoms. The van der Waals surface area contributed by atoms with Gasteiger partial charge in [0.05, 0.1) is 36.0 Å². The molecule has 0 aromatic carbocycles. The average Bonchev–Trinajstić information content (AvgIpc) is 3.71. The molecule has 0 saturated carbocycles. The summed E-state index contributed by atoms with van der Waals surface area (Å²) < 4.78 is 10.6. The number of nitrogens with one attached hydrogen (secondary N) is 2. The van der Waals surface area contributed by atoms with Crippen molar-refractivity contribution in [2.45, 2.75) is 66.2 Å². The first kappa shape index (κ1) is 32.8. The number of H-pyrrole nitrogens is 2. The highest BCUT2D eigenvalue weighted by Crippen LogP contribution is 2.35. The highest BCUT2D eigenvalue weighted by Gasteiger charge is 2.20. The summed E-state index contributed by atoms with van der Waals surface area (Å²) in [6, 6.07) is 10.2. The van der Waals surface area contributed by atoms with E-state index in [1.54, 1.807) is 0 Å². The fourth-order valence-corrected chi connectivity index (χ4v) is 5.75. The molecule has 0 amide bonds. The van der Waals surface area contributed by atoms with Crippen LogP contribution < -0.4 is 0 Å². The van der Waals surface area contributed by atoms with E-state index in [2.05, 4.69) is 35.1 Å². The lowest BCUT2D eigenvalue weighted by atomic mass is 10.00. The smallest absolute Gasteiger partial charge is 0.306 e. The second-order valence-electron chi connectivity index (χ2n) is 11.8. The number of aromatic nitrogens is 4. The van der Waals surface area contributed by atoms with Crippen LogP contribution in [0.2, 0.25) is 0 Å². The molecule has 5 heterocycles. The molecule has 242 valence electrons. The van der Waals surface area contributed by atoms with Crippen LogP contribution in [0.5, 0.6) is 0 Å². The van der Waals surface area contributed by atoms with Crippen LogP contribution in [0.4, 0.5) is 0 Å². The number of carbonyl (C=O) groups is 2. The van der Waals surface area contributed by atoms with Gasteiger partial charge in [0.15, 0.2) is 0 Å². The number of fused-ring (bicyclic) bond motifs is 8. The van der Waals surface area contributed by atoms with Crippen molar-refractivity contribution < 1.29 is 29.3 Å². The second kappa shape index (κ2) is 14.7. The fourth-order valence-electron chi connectivity index (χ4n) is 5.75. The van der Waals surface area contributed by atoms with Crippen LogP contribution in [-0.2, 0) is 25.5 Å². The molecule has 0 spiro atoms. The van der Waals surface area contributed by atoms with Crippen molar-refractivity contribution in [2.75, 3.05) is 26.4 Å². The quantitative estimate of drug-likeness (QED) is 0.142. The maximum atomic E-state index is 12.5. The molecule has 0 fully saturated rings. The van der Waals surface area contributed by atoms with Gasteiger partial charge < -0.3 is 29.7 Å². The van der Waals surface area contributed by atoms with E-state index in [4.69, 9.17) is 29.7 Å². The van der Waals surface area contributed by atoms with Gasteiger partial charge in [0.2, 0.25) is 0 Å². The summed E-state index contributed by atoms with van der Waals surface area (Å²) in [5.41, 5.74) is 12.8. The van der Waals surface area contributed by atoms with Gasteiger partial charge >= 0.3 is 11.9 Å². The third kappa shape index (κ3) is 7.63. The Hall–Kier alpha value is -4.54. The molecule has 4 N–H and O–H groups in total. The Balaban J connectivity index is 1.66. The van der Waals surface area contributed by atoms with Gasteiger partial charge in [-0.2, -0.15) is 0 Å². The van der Waals surface area contributed by atoms with Crippen molar-refractivity contribution in [3.63, 3.8) is 0 Å². The molecule has 5 rings (SSSR count). The Morgan fingerprint density at radius 1 is 0.739 bits per heavy atom. The van der Waals surface area contributed by atoms with E-state index in [0.29, 0.717) is 25.7 Å². The number of rotatable bonds is 12. The first-order valence-electron chi connectivity index (χ1n) is 15.8. The summed E-state index contributed by atoms with van der Waals surface area (Å²) in [7, 11) is 0. The van der Waals surface area contributed by atoms with E-state index in [0.717, 1.165) is 78.3 Å². The maximum absolute atomic E-state index is 12.5. The average molecular weight is 627 g/mol. The monoisotopic (exact) mass is 626 g/mol. The van der Waals surface area contributed by atoms with Crippen LogP contribution in [0, 0.1) is 13.8 Å². The first-order valence-corrected chi connectivity index (χ1v) is 15.8. The van der Waals surface area contributed by atoms with E-state index in [9.17, 15) is 9.59 Å². The summed E-state index contributed by atoms with van der Waals surface area (Å²) in [5, 5.41) is 18.1. The zero-order valence-corrected chi connectivity index (χ0v) is 27.0. The third-order valence-corrected chi connectivity index (χ3v) is 8.37. The van der Waals surface area contributed by atoms with Gasteiger partial charge in [-0.1, -0.05) is 0 Å². The minimum Gasteiger partial charge on any atom is -0.466 e. The number of aliphatic hydroxyl groups is 2. The lowest BCUT2D eigenvalue weighted by Crippen LogP contribution is -2.08. The molecule has 10 nitrogen and oxygen atoms in total. The van der Waals surface area contributed by atoms with E-state index in [1.807, 2.05) is 39.0 Å². The van der Waals surface area contributed by atoms with Crippen molar-refractivity contribution in [2.24, 2.45) is 0 Å². The Labute approximate surface area is 268 Å². The highest BCUT2D eigenvalue weighted by atomic mass is 16.5. The number of esters is 2. The predicted octanol–water partition coefficient (Wildman–Crippen LogP) is 5.99. The molecule has 3 aromatic heterocycles. The number of nitrogens with zero attached hydrogens (tertiary/aromatic N) is 2. The highest BCUT2D eigenvalue weighted by molar-refractivity contribution is 5.94. The largest absolute Gasteiger partial charge is 0.466 e. The van der Waals surface area contributed by atoms with Crippen molar-refractivity contribution in [3.8, 4) is 0 Å². The van der Waals surface area contributed by atoms with Gasteiger partial charge in [-0.3, -0.25) is 9.59 Å². The van der Waals surface area contributed by atoms with Gasteiger partial charge in [0.1, 0.15) is 0 Å². The van der Waals surface area contributed by atoms with Gasteiger partial charge in [0, 0.05) is 61.0 Å². The molecule has 0 saturated heterocycles. The number of ether oxygens (including phenoxy) is 2. The summed E-state index contributed by atoms with van der Waals surface area (Å²) in [6.07, 6.45) is 4.11. The molecular weight excluding hydrogens is 584 g/mol. The third-order valence-electron chi connectivity index (χ3n) is 8.37. The van der Waals surface area contributed by atoms with Crippen LogP contribution in [0.25, 0.3) is 44.9 Å². The summed E-state index contributed by atoms with van der Waals surface area (Å²) in [5.74, 6) is -0.647. The molecule has 2 aliphatic rings. The molecule has 10 heteroatoms. The number of carbonyl (C=O) groups excluding carboxylic acids is 2. The minimum absolute atomic E-state index is 0.0308. The predicted molar refractivity (Wildman–Crippen MR) is 179 cm³/mol. The van der Waals surface area contributed by atoms with Crippen LogP contribution in [-0.4, -0.2) is 68.5 Å².